The van der Waals surface area contributed by atoms with Gasteiger partial charge in [0, 0.05) is 23.9 Å². The lowest BCUT2D eigenvalue weighted by molar-refractivity contribution is 0.0625. The number of benzene rings is 2. The first kappa shape index (κ1) is 21.4. The van der Waals surface area contributed by atoms with Crippen molar-refractivity contribution < 1.29 is 13.6 Å². The molecule has 170 valence electrons. The lowest BCUT2D eigenvalue weighted by atomic mass is 9.93. The summed E-state index contributed by atoms with van der Waals surface area (Å²) in [7, 11) is 0. The van der Waals surface area contributed by atoms with E-state index in [1.165, 1.54) is 30.3 Å². The summed E-state index contributed by atoms with van der Waals surface area (Å²) in [5.41, 5.74) is 4.01. The van der Waals surface area contributed by atoms with Crippen LogP contribution in [0.2, 0.25) is 0 Å². The van der Waals surface area contributed by atoms with Crippen LogP contribution in [0.4, 0.5) is 8.78 Å². The van der Waals surface area contributed by atoms with Crippen molar-refractivity contribution >= 4 is 5.91 Å². The fourth-order valence-corrected chi connectivity index (χ4v) is 5.00. The number of hydrogen-bond acceptors (Lipinski definition) is 3. The minimum atomic E-state index is -0.395. The normalized spacial score (nSPS) is 15.9. The number of halogens is 2. The van der Waals surface area contributed by atoms with E-state index in [1.807, 2.05) is 18.9 Å². The molecule has 0 saturated carbocycles. The lowest BCUT2D eigenvalue weighted by Crippen LogP contribution is -2.57. The zero-order chi connectivity index (χ0) is 23.4. The molecule has 2 aliphatic rings. The van der Waals surface area contributed by atoms with E-state index in [9.17, 15) is 18.4 Å². The highest BCUT2D eigenvalue weighted by molar-refractivity contribution is 5.95. The zero-order valence-corrected chi connectivity index (χ0v) is 18.8. The molecule has 3 aromatic rings. The van der Waals surface area contributed by atoms with Gasteiger partial charge in [-0.3, -0.25) is 19.3 Å². The Morgan fingerprint density at radius 1 is 0.909 bits per heavy atom. The summed E-state index contributed by atoms with van der Waals surface area (Å²) in [6.45, 7) is 5.79. The SMILES string of the molecule is Cc1c2n(ccc1=O)N(C1c3ccc(F)cc3CCc3cc(F)ccc31)CN(C(C)C)C2=O. The summed E-state index contributed by atoms with van der Waals surface area (Å²) in [5, 5.41) is 2.02. The summed E-state index contributed by atoms with van der Waals surface area (Å²) >= 11 is 0. The average molecular weight is 450 g/mol. The molecule has 0 atom stereocenters. The Morgan fingerprint density at radius 3 is 2.03 bits per heavy atom. The van der Waals surface area contributed by atoms with E-state index in [0.717, 1.165) is 22.3 Å². The summed E-state index contributed by atoms with van der Waals surface area (Å²) in [5.74, 6) is -0.840. The van der Waals surface area contributed by atoms with Crippen molar-refractivity contribution in [2.75, 3.05) is 11.7 Å². The Bertz CT molecular complexity index is 1280. The maximum absolute atomic E-state index is 14.2. The molecular weight excluding hydrogens is 424 g/mol. The van der Waals surface area contributed by atoms with E-state index in [0.29, 0.717) is 24.1 Å². The number of nitrogens with zero attached hydrogens (tertiary/aromatic N) is 3. The fraction of sp³-hybridized carbons (Fsp3) is 0.308. The number of rotatable bonds is 2. The number of aromatic nitrogens is 1. The van der Waals surface area contributed by atoms with Crippen molar-refractivity contribution in [3.63, 3.8) is 0 Å². The molecule has 1 aliphatic heterocycles. The Morgan fingerprint density at radius 2 is 1.48 bits per heavy atom. The third-order valence-electron chi connectivity index (χ3n) is 6.74. The minimum absolute atomic E-state index is 0.102. The molecule has 0 unspecified atom stereocenters. The lowest BCUT2D eigenvalue weighted by Gasteiger charge is -2.46. The first-order valence-electron chi connectivity index (χ1n) is 11.1. The summed E-state index contributed by atoms with van der Waals surface area (Å²) in [4.78, 5) is 27.5. The molecular formula is C26H25F2N3O2. The Balaban J connectivity index is 1.80. The van der Waals surface area contributed by atoms with Gasteiger partial charge in [-0.05, 0) is 80.1 Å². The number of hydrogen-bond donors (Lipinski definition) is 0. The predicted molar refractivity (Wildman–Crippen MR) is 122 cm³/mol. The van der Waals surface area contributed by atoms with Crippen LogP contribution in [0.1, 0.15) is 58.2 Å². The van der Waals surface area contributed by atoms with Crippen molar-refractivity contribution in [1.82, 2.24) is 9.58 Å². The summed E-state index contributed by atoms with van der Waals surface area (Å²) in [6, 6.07) is 10.5. The van der Waals surface area contributed by atoms with Gasteiger partial charge < -0.3 is 4.90 Å². The maximum atomic E-state index is 14.2. The smallest absolute Gasteiger partial charge is 0.274 e. The molecule has 1 amide bonds. The van der Waals surface area contributed by atoms with Crippen LogP contribution < -0.4 is 10.4 Å². The first-order chi connectivity index (χ1) is 15.8. The number of fused-ring (bicyclic) bond motifs is 3. The maximum Gasteiger partial charge on any atom is 0.274 e. The van der Waals surface area contributed by atoms with E-state index in [2.05, 4.69) is 0 Å². The monoisotopic (exact) mass is 449 g/mol. The first-order valence-corrected chi connectivity index (χ1v) is 11.1. The second-order valence-corrected chi connectivity index (χ2v) is 9.04. The summed E-state index contributed by atoms with van der Waals surface area (Å²) < 4.78 is 30.1. The van der Waals surface area contributed by atoms with Crippen LogP contribution in [-0.4, -0.2) is 28.2 Å². The van der Waals surface area contributed by atoms with Crippen LogP contribution in [-0.2, 0) is 12.8 Å². The van der Waals surface area contributed by atoms with E-state index >= 15 is 0 Å². The molecule has 5 rings (SSSR count). The molecule has 33 heavy (non-hydrogen) atoms. The van der Waals surface area contributed by atoms with Crippen molar-refractivity contribution in [3.8, 4) is 0 Å². The van der Waals surface area contributed by atoms with Gasteiger partial charge >= 0.3 is 0 Å². The van der Waals surface area contributed by atoms with Crippen LogP contribution in [0.25, 0.3) is 0 Å². The van der Waals surface area contributed by atoms with Crippen LogP contribution in [0.5, 0.6) is 0 Å². The molecule has 0 N–H and O–H groups in total. The third kappa shape index (κ3) is 3.43. The largest absolute Gasteiger partial charge is 0.316 e. The van der Waals surface area contributed by atoms with E-state index < -0.39 is 6.04 Å². The van der Waals surface area contributed by atoms with Gasteiger partial charge in [0.25, 0.3) is 5.91 Å². The molecule has 2 heterocycles. The number of carbonyl (C=O) groups excluding carboxylic acids is 1. The second kappa shape index (κ2) is 7.83. The van der Waals surface area contributed by atoms with Crippen LogP contribution in [0, 0.1) is 18.6 Å². The zero-order valence-electron chi connectivity index (χ0n) is 18.8. The third-order valence-corrected chi connectivity index (χ3v) is 6.74. The van der Waals surface area contributed by atoms with Crippen molar-refractivity contribution in [2.45, 2.75) is 45.7 Å². The molecule has 0 saturated heterocycles. The topological polar surface area (TPSA) is 45.6 Å². The second-order valence-electron chi connectivity index (χ2n) is 9.04. The van der Waals surface area contributed by atoms with Crippen LogP contribution >= 0.6 is 0 Å². The number of carbonyl (C=O) groups is 1. The average Bonchev–Trinajstić information content (AvgIpc) is 2.92. The fourth-order valence-electron chi connectivity index (χ4n) is 5.00. The van der Waals surface area contributed by atoms with Gasteiger partial charge in [-0.1, -0.05) is 12.1 Å². The van der Waals surface area contributed by atoms with Gasteiger partial charge in [-0.25, -0.2) is 8.78 Å². The minimum Gasteiger partial charge on any atom is -0.316 e. The Labute approximate surface area is 190 Å². The molecule has 0 radical (unpaired) electrons. The Hall–Kier alpha value is -3.48. The van der Waals surface area contributed by atoms with E-state index in [1.54, 1.807) is 34.8 Å². The Kier molecular flexibility index (Phi) is 5.07. The molecule has 0 bridgehead atoms. The summed E-state index contributed by atoms with van der Waals surface area (Å²) in [6.07, 6.45) is 2.78. The highest BCUT2D eigenvalue weighted by Crippen LogP contribution is 2.38. The van der Waals surface area contributed by atoms with Crippen LogP contribution in [0.3, 0.4) is 0 Å². The van der Waals surface area contributed by atoms with Crippen LogP contribution in [0.15, 0.2) is 53.5 Å². The van der Waals surface area contributed by atoms with Crippen molar-refractivity contribution in [2.24, 2.45) is 0 Å². The van der Waals surface area contributed by atoms with Gasteiger partial charge in [-0.2, -0.15) is 0 Å². The van der Waals surface area contributed by atoms with Gasteiger partial charge in [0.2, 0.25) is 0 Å². The highest BCUT2D eigenvalue weighted by Gasteiger charge is 2.38. The van der Waals surface area contributed by atoms with Gasteiger partial charge in [-0.15, -0.1) is 0 Å². The van der Waals surface area contributed by atoms with E-state index in [-0.39, 0.29) is 35.7 Å². The van der Waals surface area contributed by atoms with Crippen molar-refractivity contribution in [1.29, 1.82) is 0 Å². The molecule has 7 heteroatoms. The van der Waals surface area contributed by atoms with E-state index in [4.69, 9.17) is 0 Å². The predicted octanol–water partition coefficient (Wildman–Crippen LogP) is 4.08. The molecule has 2 aromatic carbocycles. The van der Waals surface area contributed by atoms with Gasteiger partial charge in [0.05, 0.1) is 6.04 Å². The standard InChI is InChI=1S/C26H25F2N3O2/c1-15(2)29-14-31(30-11-10-23(32)16(3)24(30)26(29)33)25-21-8-6-19(27)12-17(21)4-5-18-13-20(28)7-9-22(18)25/h6-13,15,25H,4-5,14H2,1-3H3. The molecule has 1 aliphatic carbocycles. The number of amides is 1. The molecule has 5 nitrogen and oxygen atoms in total. The molecule has 0 spiro atoms. The number of aryl methyl sites for hydroxylation is 2. The van der Waals surface area contributed by atoms with Crippen molar-refractivity contribution in [3.05, 3.63) is 104 Å². The van der Waals surface area contributed by atoms with Gasteiger partial charge in [0.15, 0.2) is 5.43 Å². The highest BCUT2D eigenvalue weighted by atomic mass is 19.1. The molecule has 1 aromatic heterocycles. The number of pyridine rings is 1. The quantitative estimate of drug-likeness (QED) is 0.592. The molecule has 0 fully saturated rings. The van der Waals surface area contributed by atoms with Gasteiger partial charge in [0.1, 0.15) is 24.0 Å².